The molecule has 4 N–H and O–H groups in total. The van der Waals surface area contributed by atoms with Gasteiger partial charge >= 0.3 is 0 Å². The molecule has 0 aromatic heterocycles. The van der Waals surface area contributed by atoms with Gasteiger partial charge in [-0.3, -0.25) is 9.59 Å². The minimum absolute atomic E-state index is 0.158. The van der Waals surface area contributed by atoms with E-state index in [1.165, 1.54) is 83.8 Å². The minimum atomic E-state index is -1.68. The summed E-state index contributed by atoms with van der Waals surface area (Å²) in [7, 11) is 1.25. The van der Waals surface area contributed by atoms with Crippen LogP contribution in [-0.2, 0) is 19.1 Å². The van der Waals surface area contributed by atoms with Crippen molar-refractivity contribution in [1.29, 1.82) is 0 Å². The molecule has 1 saturated heterocycles. The molecule has 9 nitrogen and oxygen atoms in total. The van der Waals surface area contributed by atoms with Crippen LogP contribution < -0.4 is 5.32 Å². The molecule has 1 aliphatic rings. The number of hydrogen-bond acceptors (Lipinski definition) is 7. The molecule has 258 valence electrons. The molecular formula is C35H66N2O7. The third kappa shape index (κ3) is 17.8. The van der Waals surface area contributed by atoms with E-state index < -0.39 is 36.4 Å². The SMILES string of the molecule is CCCCCCCCCCCCCCOCCCN1CCCC[C@H](NC(=O)[C@H](OC)[C@H](O)[C@@H](O)[C@H](O)/C=C/C(C)(C)C)C1=O. The molecule has 0 spiro atoms. The zero-order chi connectivity index (χ0) is 32.8. The summed E-state index contributed by atoms with van der Waals surface area (Å²) in [6.07, 6.45) is 15.6. The van der Waals surface area contributed by atoms with E-state index in [4.69, 9.17) is 9.47 Å². The summed E-state index contributed by atoms with van der Waals surface area (Å²) in [5.74, 6) is -0.855. The molecule has 0 unspecified atom stereocenters. The van der Waals surface area contributed by atoms with Gasteiger partial charge in [-0.25, -0.2) is 0 Å². The van der Waals surface area contributed by atoms with Gasteiger partial charge in [0.25, 0.3) is 5.91 Å². The number of aliphatic hydroxyl groups excluding tert-OH is 3. The van der Waals surface area contributed by atoms with Crippen LogP contribution in [0.2, 0.25) is 0 Å². The Morgan fingerprint density at radius 2 is 1.48 bits per heavy atom. The second-order valence-corrected chi connectivity index (χ2v) is 13.6. The molecule has 1 fully saturated rings. The average Bonchev–Trinajstić information content (AvgIpc) is 3.15. The van der Waals surface area contributed by atoms with Crippen LogP contribution in [0.4, 0.5) is 0 Å². The number of carbonyl (C=O) groups excluding carboxylic acids is 2. The number of likely N-dealkylation sites (tertiary alicyclic amines) is 1. The summed E-state index contributed by atoms with van der Waals surface area (Å²) < 4.78 is 11.0. The van der Waals surface area contributed by atoms with Crippen molar-refractivity contribution < 1.29 is 34.4 Å². The van der Waals surface area contributed by atoms with Crippen molar-refractivity contribution in [2.24, 2.45) is 5.41 Å². The van der Waals surface area contributed by atoms with Gasteiger partial charge in [0.05, 0.1) is 0 Å². The van der Waals surface area contributed by atoms with E-state index >= 15 is 0 Å². The first-order valence-corrected chi connectivity index (χ1v) is 17.4. The highest BCUT2D eigenvalue weighted by atomic mass is 16.5. The van der Waals surface area contributed by atoms with Gasteiger partial charge < -0.3 is 35.0 Å². The summed E-state index contributed by atoms with van der Waals surface area (Å²) in [5.41, 5.74) is -0.228. The molecule has 1 aliphatic heterocycles. The molecule has 0 aliphatic carbocycles. The van der Waals surface area contributed by atoms with E-state index in [1.807, 2.05) is 20.8 Å². The topological polar surface area (TPSA) is 129 Å². The van der Waals surface area contributed by atoms with Crippen molar-refractivity contribution in [2.45, 2.75) is 161 Å². The van der Waals surface area contributed by atoms with Gasteiger partial charge in [0.1, 0.15) is 24.4 Å². The third-order valence-corrected chi connectivity index (χ3v) is 8.27. The van der Waals surface area contributed by atoms with Gasteiger partial charge in [0.15, 0.2) is 6.10 Å². The van der Waals surface area contributed by atoms with Gasteiger partial charge in [0, 0.05) is 33.4 Å². The van der Waals surface area contributed by atoms with Crippen molar-refractivity contribution in [2.75, 3.05) is 33.4 Å². The highest BCUT2D eigenvalue weighted by Crippen LogP contribution is 2.18. The van der Waals surface area contributed by atoms with Gasteiger partial charge in [-0.2, -0.15) is 0 Å². The Morgan fingerprint density at radius 1 is 0.909 bits per heavy atom. The first-order valence-electron chi connectivity index (χ1n) is 17.4. The number of aliphatic hydroxyl groups is 3. The van der Waals surface area contributed by atoms with E-state index in [0.717, 1.165) is 32.3 Å². The second kappa shape index (κ2) is 23.8. The van der Waals surface area contributed by atoms with Crippen molar-refractivity contribution in [3.05, 3.63) is 12.2 Å². The molecule has 1 rings (SSSR count). The normalized spacial score (nSPS) is 19.1. The number of nitrogens with one attached hydrogen (secondary N) is 1. The Bertz CT molecular complexity index is 786. The molecule has 2 amide bonds. The summed E-state index contributed by atoms with van der Waals surface area (Å²) in [4.78, 5) is 28.0. The molecule has 5 atom stereocenters. The molecule has 9 heteroatoms. The van der Waals surface area contributed by atoms with E-state index in [1.54, 1.807) is 11.0 Å². The lowest BCUT2D eigenvalue weighted by molar-refractivity contribution is -0.151. The van der Waals surface area contributed by atoms with Crippen LogP contribution in [0.3, 0.4) is 0 Å². The number of hydrogen-bond donors (Lipinski definition) is 4. The lowest BCUT2D eigenvalue weighted by Crippen LogP contribution is -2.55. The standard InChI is InChI=1S/C35H66N2O7/c1-6-7-8-9-10-11-12-13-14-15-16-19-26-44-27-20-25-37-24-18-17-21-28(34(37)42)36-33(41)32(43-5)31(40)30(39)29(38)22-23-35(2,3)4/h22-23,28-32,38-40H,6-21,24-27H2,1-5H3,(H,36,41)/b23-22+/t28-,29+,30-,31+,32+/m0/s1. The van der Waals surface area contributed by atoms with Crippen molar-refractivity contribution in [3.63, 3.8) is 0 Å². The summed E-state index contributed by atoms with van der Waals surface area (Å²) in [6, 6.07) is -0.736. The van der Waals surface area contributed by atoms with Crippen LogP contribution in [0.15, 0.2) is 12.2 Å². The van der Waals surface area contributed by atoms with Gasteiger partial charge in [-0.15, -0.1) is 0 Å². The van der Waals surface area contributed by atoms with Crippen LogP contribution in [0, 0.1) is 5.41 Å². The quantitative estimate of drug-likeness (QED) is 0.0847. The van der Waals surface area contributed by atoms with Crippen LogP contribution in [0.5, 0.6) is 0 Å². The second-order valence-electron chi connectivity index (χ2n) is 13.6. The van der Waals surface area contributed by atoms with Gasteiger partial charge in [-0.05, 0) is 37.5 Å². The monoisotopic (exact) mass is 626 g/mol. The average molecular weight is 627 g/mol. The predicted octanol–water partition coefficient (Wildman–Crippen LogP) is 5.29. The van der Waals surface area contributed by atoms with E-state index in [9.17, 15) is 24.9 Å². The largest absolute Gasteiger partial charge is 0.387 e. The first kappa shape index (κ1) is 40.5. The number of amides is 2. The van der Waals surface area contributed by atoms with Crippen molar-refractivity contribution in [3.8, 4) is 0 Å². The summed E-state index contributed by atoms with van der Waals surface area (Å²) in [5, 5.41) is 34.1. The lowest BCUT2D eigenvalue weighted by Gasteiger charge is -2.29. The molecule has 44 heavy (non-hydrogen) atoms. The predicted molar refractivity (Wildman–Crippen MR) is 176 cm³/mol. The number of carbonyl (C=O) groups is 2. The molecule has 0 aromatic rings. The molecule has 0 bridgehead atoms. The Labute approximate surface area is 268 Å². The first-order chi connectivity index (χ1) is 21.0. The molecule has 0 radical (unpaired) electrons. The van der Waals surface area contributed by atoms with Crippen LogP contribution >= 0.6 is 0 Å². The highest BCUT2D eigenvalue weighted by Gasteiger charge is 2.37. The molecule has 0 aromatic carbocycles. The maximum atomic E-state index is 13.2. The molecular weight excluding hydrogens is 560 g/mol. The number of rotatable bonds is 24. The maximum Gasteiger partial charge on any atom is 0.252 e. The number of unbranched alkanes of at least 4 members (excludes halogenated alkanes) is 11. The molecule has 0 saturated carbocycles. The third-order valence-electron chi connectivity index (χ3n) is 8.27. The fraction of sp³-hybridized carbons (Fsp3) is 0.886. The van der Waals surface area contributed by atoms with Gasteiger partial charge in [-0.1, -0.05) is 110 Å². The van der Waals surface area contributed by atoms with Crippen LogP contribution in [0.1, 0.15) is 130 Å². The van der Waals surface area contributed by atoms with Gasteiger partial charge in [0.2, 0.25) is 5.91 Å². The fourth-order valence-electron chi connectivity index (χ4n) is 5.50. The Balaban J connectivity index is 2.33. The number of nitrogens with zero attached hydrogens (tertiary/aromatic N) is 1. The maximum absolute atomic E-state index is 13.2. The zero-order valence-corrected chi connectivity index (χ0v) is 28.6. The number of allylic oxidation sites excluding steroid dienone is 1. The Kier molecular flexibility index (Phi) is 21.9. The summed E-state index contributed by atoms with van der Waals surface area (Å²) >= 11 is 0. The Morgan fingerprint density at radius 3 is 2.05 bits per heavy atom. The van der Waals surface area contributed by atoms with E-state index in [2.05, 4.69) is 12.2 Å². The molecule has 1 heterocycles. The number of ether oxygens (including phenoxy) is 2. The summed E-state index contributed by atoms with van der Waals surface area (Å²) in [6.45, 7) is 10.6. The van der Waals surface area contributed by atoms with Crippen LogP contribution in [-0.4, -0.2) is 95.9 Å². The van der Waals surface area contributed by atoms with E-state index in [0.29, 0.717) is 26.1 Å². The van der Waals surface area contributed by atoms with Crippen molar-refractivity contribution >= 4 is 11.8 Å². The highest BCUT2D eigenvalue weighted by molar-refractivity contribution is 5.89. The van der Waals surface area contributed by atoms with Crippen molar-refractivity contribution in [1.82, 2.24) is 10.2 Å². The minimum Gasteiger partial charge on any atom is -0.387 e. The zero-order valence-electron chi connectivity index (χ0n) is 28.6. The lowest BCUT2D eigenvalue weighted by atomic mass is 9.94. The van der Waals surface area contributed by atoms with E-state index in [-0.39, 0.29) is 11.3 Å². The van der Waals surface area contributed by atoms with Crippen LogP contribution in [0.25, 0.3) is 0 Å². The smallest absolute Gasteiger partial charge is 0.252 e. The number of methoxy groups -OCH3 is 1. The Hall–Kier alpha value is -1.52. The fourth-order valence-corrected chi connectivity index (χ4v) is 5.50.